The van der Waals surface area contributed by atoms with Crippen LogP contribution in [-0.4, -0.2) is 51.1 Å². The summed E-state index contributed by atoms with van der Waals surface area (Å²) in [6.07, 6.45) is 5.35. The second kappa shape index (κ2) is 10.0. The van der Waals surface area contributed by atoms with Crippen LogP contribution in [0.1, 0.15) is 13.8 Å². The number of pyridine rings is 1. The molecule has 0 aliphatic heterocycles. The number of ether oxygens (including phenoxy) is 2. The average Bonchev–Trinajstić information content (AvgIpc) is 3.27. The van der Waals surface area contributed by atoms with Crippen LogP contribution in [0.2, 0.25) is 0 Å². The molecule has 3 aromatic heterocycles. The fraction of sp³-hybridized carbons (Fsp3) is 0.333. The van der Waals surface area contributed by atoms with Crippen molar-refractivity contribution in [2.75, 3.05) is 20.8 Å². The number of nitrogens with zero attached hydrogens (tertiary/aromatic N) is 6. The maximum atomic E-state index is 15.0. The lowest BCUT2D eigenvalue weighted by atomic mass is 10.2. The Morgan fingerprint density at radius 2 is 1.97 bits per heavy atom. The molecule has 0 atom stereocenters. The summed E-state index contributed by atoms with van der Waals surface area (Å²) in [5.41, 5.74) is 3.54. The lowest BCUT2D eigenvalue weighted by Crippen LogP contribution is -2.31. The molecule has 3 heterocycles. The number of nitrogens with one attached hydrogen (secondary N) is 1. The first-order valence-corrected chi connectivity index (χ1v) is 10.9. The van der Waals surface area contributed by atoms with Crippen molar-refractivity contribution in [2.24, 2.45) is 12.0 Å². The third kappa shape index (κ3) is 4.91. The molecule has 10 heteroatoms. The lowest BCUT2D eigenvalue weighted by molar-refractivity contribution is 0.374. The second-order valence-corrected chi connectivity index (χ2v) is 8.09. The largest absolute Gasteiger partial charge is 0.497 e. The van der Waals surface area contributed by atoms with Crippen LogP contribution >= 0.6 is 0 Å². The van der Waals surface area contributed by atoms with E-state index in [2.05, 4.69) is 34.2 Å². The van der Waals surface area contributed by atoms with Crippen molar-refractivity contribution in [1.82, 2.24) is 29.6 Å². The van der Waals surface area contributed by atoms with Crippen molar-refractivity contribution in [3.63, 3.8) is 0 Å². The maximum absolute atomic E-state index is 15.0. The first-order valence-electron chi connectivity index (χ1n) is 10.9. The zero-order valence-corrected chi connectivity index (χ0v) is 19.9. The molecule has 0 unspecified atom stereocenters. The zero-order valence-electron chi connectivity index (χ0n) is 19.9. The molecular formula is C24H28FN7O2. The van der Waals surface area contributed by atoms with E-state index in [0.717, 1.165) is 5.56 Å². The van der Waals surface area contributed by atoms with Crippen LogP contribution in [0.15, 0.2) is 47.8 Å². The van der Waals surface area contributed by atoms with Crippen LogP contribution in [0, 0.1) is 5.82 Å². The van der Waals surface area contributed by atoms with Crippen molar-refractivity contribution in [3.8, 4) is 22.8 Å². The van der Waals surface area contributed by atoms with Gasteiger partial charge in [-0.2, -0.15) is 5.10 Å². The third-order valence-corrected chi connectivity index (χ3v) is 5.28. The van der Waals surface area contributed by atoms with Gasteiger partial charge in [-0.15, -0.1) is 0 Å². The van der Waals surface area contributed by atoms with E-state index in [1.54, 1.807) is 17.1 Å². The van der Waals surface area contributed by atoms with Crippen LogP contribution in [0.4, 0.5) is 10.1 Å². The van der Waals surface area contributed by atoms with E-state index in [1.807, 2.05) is 29.9 Å². The summed E-state index contributed by atoms with van der Waals surface area (Å²) in [4.78, 5) is 14.1. The Bertz CT molecular complexity index is 1380. The van der Waals surface area contributed by atoms with Crippen LogP contribution < -0.4 is 20.3 Å². The van der Waals surface area contributed by atoms with Gasteiger partial charge < -0.3 is 19.4 Å². The molecule has 0 aliphatic rings. The number of hydrogen-bond acceptors (Lipinski definition) is 7. The summed E-state index contributed by atoms with van der Waals surface area (Å²) < 4.78 is 29.1. The van der Waals surface area contributed by atoms with Gasteiger partial charge in [0.15, 0.2) is 17.2 Å². The van der Waals surface area contributed by atoms with E-state index < -0.39 is 5.82 Å². The van der Waals surface area contributed by atoms with Crippen LogP contribution in [0.5, 0.6) is 11.5 Å². The van der Waals surface area contributed by atoms with Crippen LogP contribution in [-0.2, 0) is 13.6 Å². The fourth-order valence-electron chi connectivity index (χ4n) is 3.56. The van der Waals surface area contributed by atoms with Gasteiger partial charge in [-0.1, -0.05) is 13.8 Å². The van der Waals surface area contributed by atoms with Crippen LogP contribution in [0.3, 0.4) is 0 Å². The number of benzene rings is 1. The number of hydrogen-bond donors (Lipinski definition) is 1. The summed E-state index contributed by atoms with van der Waals surface area (Å²) in [5, 5.41) is 7.64. The van der Waals surface area contributed by atoms with E-state index in [0.29, 0.717) is 47.2 Å². The lowest BCUT2D eigenvalue weighted by Gasteiger charge is -2.14. The summed E-state index contributed by atoms with van der Waals surface area (Å²) in [7, 11) is 4.77. The molecule has 1 N–H and O–H groups in total. The van der Waals surface area contributed by atoms with E-state index >= 15 is 4.39 Å². The fourth-order valence-corrected chi connectivity index (χ4v) is 3.56. The van der Waals surface area contributed by atoms with Crippen molar-refractivity contribution < 1.29 is 13.9 Å². The van der Waals surface area contributed by atoms with Crippen LogP contribution in [0.25, 0.3) is 22.4 Å². The molecule has 0 spiro atoms. The number of halogens is 1. The molecular weight excluding hydrogens is 437 g/mol. The molecule has 0 aliphatic carbocycles. The quantitative estimate of drug-likeness (QED) is 0.430. The van der Waals surface area contributed by atoms with Crippen molar-refractivity contribution in [2.45, 2.75) is 26.4 Å². The highest BCUT2D eigenvalue weighted by Crippen LogP contribution is 2.32. The van der Waals surface area contributed by atoms with Gasteiger partial charge in [0.05, 0.1) is 32.3 Å². The third-order valence-electron chi connectivity index (χ3n) is 5.28. The Hall–Kier alpha value is -3.79. The minimum Gasteiger partial charge on any atom is -0.497 e. The maximum Gasteiger partial charge on any atom is 0.190 e. The summed E-state index contributed by atoms with van der Waals surface area (Å²) >= 11 is 0. The molecule has 9 nitrogen and oxygen atoms in total. The predicted octanol–water partition coefficient (Wildman–Crippen LogP) is 3.22. The number of methoxy groups -OCH3 is 2. The van der Waals surface area contributed by atoms with Gasteiger partial charge >= 0.3 is 0 Å². The minimum atomic E-state index is -0.564. The summed E-state index contributed by atoms with van der Waals surface area (Å²) in [6.45, 7) is 5.39. The van der Waals surface area contributed by atoms with E-state index in [9.17, 15) is 0 Å². The molecule has 4 rings (SSSR count). The zero-order chi connectivity index (χ0) is 24.2. The Morgan fingerprint density at radius 3 is 2.65 bits per heavy atom. The highest BCUT2D eigenvalue weighted by molar-refractivity contribution is 5.73. The van der Waals surface area contributed by atoms with E-state index in [4.69, 9.17) is 14.5 Å². The van der Waals surface area contributed by atoms with Gasteiger partial charge in [-0.3, -0.25) is 9.67 Å². The highest BCUT2D eigenvalue weighted by Gasteiger charge is 2.13. The van der Waals surface area contributed by atoms with Gasteiger partial charge in [-0.05, 0) is 12.1 Å². The van der Waals surface area contributed by atoms with Gasteiger partial charge in [0.2, 0.25) is 0 Å². The summed E-state index contributed by atoms with van der Waals surface area (Å²) in [5.74, 6) is -0.0551. The highest BCUT2D eigenvalue weighted by atomic mass is 19.1. The predicted molar refractivity (Wildman–Crippen MR) is 128 cm³/mol. The van der Waals surface area contributed by atoms with Gasteiger partial charge in [-0.25, -0.2) is 14.4 Å². The monoisotopic (exact) mass is 465 g/mol. The molecule has 0 fully saturated rings. The first-order chi connectivity index (χ1) is 16.4. The molecule has 1 aromatic carbocycles. The van der Waals surface area contributed by atoms with E-state index in [-0.39, 0.29) is 11.4 Å². The second-order valence-electron chi connectivity index (χ2n) is 8.09. The van der Waals surface area contributed by atoms with Gasteiger partial charge in [0, 0.05) is 50.1 Å². The first kappa shape index (κ1) is 23.4. The molecule has 178 valence electrons. The molecule has 0 amide bonds. The molecule has 0 radical (unpaired) electrons. The van der Waals surface area contributed by atoms with E-state index in [1.165, 1.54) is 26.4 Å². The average molecular weight is 466 g/mol. The normalized spacial score (nSPS) is 12.0. The standard InChI is InChI=1S/C24H28FN7O2/c1-15(2)26-8-9-32-22(29-19-10-17(33-4)11-21(34-5)23(19)25)7-6-18-24(32)30-20(13-27-18)16-12-28-31(3)14-16/h6-7,10-15,26H,8-9H2,1-5H3. The smallest absolute Gasteiger partial charge is 0.190 e. The Kier molecular flexibility index (Phi) is 6.87. The Labute approximate surface area is 196 Å². The molecule has 0 saturated heterocycles. The number of fused-ring (bicyclic) bond motifs is 1. The van der Waals surface area contributed by atoms with Gasteiger partial charge in [0.1, 0.15) is 22.4 Å². The van der Waals surface area contributed by atoms with Gasteiger partial charge in [0.25, 0.3) is 0 Å². The molecule has 34 heavy (non-hydrogen) atoms. The summed E-state index contributed by atoms with van der Waals surface area (Å²) in [6, 6.07) is 6.97. The number of aryl methyl sites for hydroxylation is 1. The van der Waals surface area contributed by atoms with Crippen molar-refractivity contribution in [1.29, 1.82) is 0 Å². The van der Waals surface area contributed by atoms with Crippen molar-refractivity contribution >= 4 is 16.9 Å². The molecule has 0 bridgehead atoms. The SMILES string of the molecule is COc1cc(N=c2ccc3ncc(-c4cnn(C)c4)nc3n2CCNC(C)C)c(F)c(OC)c1. The Morgan fingerprint density at radius 1 is 1.15 bits per heavy atom. The minimum absolute atomic E-state index is 0.0607. The Balaban J connectivity index is 1.92. The van der Waals surface area contributed by atoms with Crippen molar-refractivity contribution in [3.05, 3.63) is 54.2 Å². The topological polar surface area (TPSA) is 91.4 Å². The molecule has 4 aromatic rings. The molecule has 0 saturated carbocycles. The number of aromatic nitrogens is 5. The number of rotatable bonds is 8.